The van der Waals surface area contributed by atoms with Crippen molar-refractivity contribution < 1.29 is 33.7 Å². The van der Waals surface area contributed by atoms with Gasteiger partial charge in [-0.1, -0.05) is 6.07 Å². The summed E-state index contributed by atoms with van der Waals surface area (Å²) >= 11 is 0. The summed E-state index contributed by atoms with van der Waals surface area (Å²) in [5.74, 6) is -0.156. The van der Waals surface area contributed by atoms with E-state index in [1.165, 1.54) is 38.7 Å². The van der Waals surface area contributed by atoms with Crippen LogP contribution >= 0.6 is 0 Å². The Morgan fingerprint density at radius 2 is 1.50 bits per heavy atom. The molecule has 3 aliphatic heterocycles. The summed E-state index contributed by atoms with van der Waals surface area (Å²) in [5, 5.41) is 37.9. The van der Waals surface area contributed by atoms with Gasteiger partial charge in [-0.15, -0.1) is 0 Å². The summed E-state index contributed by atoms with van der Waals surface area (Å²) < 4.78 is 15.3. The summed E-state index contributed by atoms with van der Waals surface area (Å²) in [6, 6.07) is 10.6. The Kier molecular flexibility index (Phi) is 12.7. The van der Waals surface area contributed by atoms with E-state index in [9.17, 15) is 19.5 Å². The summed E-state index contributed by atoms with van der Waals surface area (Å²) in [5.41, 5.74) is 4.22. The minimum Gasteiger partial charge on any atom is -0.495 e. The van der Waals surface area contributed by atoms with Gasteiger partial charge in [0.15, 0.2) is 0 Å². The number of nitrogens with one attached hydrogen (secondary N) is 3. The van der Waals surface area contributed by atoms with Crippen molar-refractivity contribution >= 4 is 17.8 Å². The zero-order valence-electron chi connectivity index (χ0n) is 29.4. The summed E-state index contributed by atoms with van der Waals surface area (Å²) in [7, 11) is 2.91. The SMILES string of the molecule is COc1cc(C(=O)NC2CCN(C[C@H](O)c3ccc4c(c3C)COC4=O)CC2)ncc1C#N.COc1cc(C(=O)NC2CCNCC2)ncc1C#N. The number of benzene rings is 1. The largest absolute Gasteiger partial charge is 0.495 e. The molecular weight excluding hydrogens is 668 g/mol. The lowest BCUT2D eigenvalue weighted by Gasteiger charge is -2.33. The van der Waals surface area contributed by atoms with Gasteiger partial charge >= 0.3 is 5.97 Å². The maximum atomic E-state index is 12.6. The molecule has 0 saturated carbocycles. The standard InChI is InChI=1S/C24H26N4O5.C13H16N4O2/c1-14-17(3-4-18-19(14)13-33-24(18)31)21(29)12-28-7-5-16(6-8-28)27-23(30)20-9-22(32-2)15(10-25)11-26-20;1-19-12-6-11(16-8-9(12)7-14)13(18)17-10-2-4-15-5-3-10/h3-4,9,11,16,21,29H,5-8,12-13H2,1-2H3,(H,27,30);6,8,10,15H,2-5H2,1H3,(H,17,18)/t21-;/m0./s1. The van der Waals surface area contributed by atoms with Crippen LogP contribution in [0.2, 0.25) is 0 Å². The number of amides is 2. The average Bonchev–Trinajstić information content (AvgIpc) is 3.56. The molecule has 0 spiro atoms. The van der Waals surface area contributed by atoms with Crippen LogP contribution in [0.5, 0.6) is 11.5 Å². The number of hydrogen-bond acceptors (Lipinski definition) is 13. The molecule has 0 bridgehead atoms. The zero-order chi connectivity index (χ0) is 37.2. The highest BCUT2D eigenvalue weighted by Crippen LogP contribution is 2.30. The summed E-state index contributed by atoms with van der Waals surface area (Å²) in [4.78, 5) is 46.6. The average molecular weight is 711 g/mol. The van der Waals surface area contributed by atoms with Gasteiger partial charge in [0.1, 0.15) is 52.8 Å². The Bertz CT molecular complexity index is 1870. The molecule has 52 heavy (non-hydrogen) atoms. The van der Waals surface area contributed by atoms with E-state index in [4.69, 9.17) is 24.7 Å². The number of carbonyl (C=O) groups excluding carboxylic acids is 3. The summed E-state index contributed by atoms with van der Waals surface area (Å²) in [6.45, 7) is 5.93. The number of hydrogen-bond donors (Lipinski definition) is 4. The van der Waals surface area contributed by atoms with E-state index in [1.807, 2.05) is 19.1 Å². The monoisotopic (exact) mass is 710 g/mol. The first-order valence-corrected chi connectivity index (χ1v) is 17.1. The number of aliphatic hydroxyl groups is 1. The number of piperidine rings is 2. The predicted molar refractivity (Wildman–Crippen MR) is 187 cm³/mol. The predicted octanol–water partition coefficient (Wildman–Crippen LogP) is 2.31. The fraction of sp³-hybridized carbons (Fsp3) is 0.432. The van der Waals surface area contributed by atoms with Crippen molar-refractivity contribution in [1.82, 2.24) is 30.8 Å². The van der Waals surface area contributed by atoms with E-state index in [0.29, 0.717) is 29.2 Å². The molecule has 0 aliphatic carbocycles. The molecule has 3 aliphatic rings. The number of β-amino-alcohol motifs (C(OH)–C–C–N with tert-alkyl or cyclic N) is 1. The molecule has 3 aromatic rings. The highest BCUT2D eigenvalue weighted by molar-refractivity contribution is 5.94. The number of nitriles is 2. The Balaban J connectivity index is 0.000000233. The number of aromatic nitrogens is 2. The second kappa shape index (κ2) is 17.5. The topological polar surface area (TPSA) is 212 Å². The molecule has 2 saturated heterocycles. The van der Waals surface area contributed by atoms with Gasteiger partial charge in [0, 0.05) is 61.8 Å². The van der Waals surface area contributed by atoms with Crippen molar-refractivity contribution in [3.63, 3.8) is 0 Å². The van der Waals surface area contributed by atoms with Gasteiger partial charge in [-0.3, -0.25) is 9.59 Å². The number of esters is 1. The molecule has 15 heteroatoms. The number of carbonyl (C=O) groups is 3. The van der Waals surface area contributed by atoms with Gasteiger partial charge in [-0.05, 0) is 62.9 Å². The number of methoxy groups -OCH3 is 2. The number of pyridine rings is 2. The third kappa shape index (κ3) is 8.99. The zero-order valence-corrected chi connectivity index (χ0v) is 29.4. The molecule has 2 amide bonds. The molecule has 15 nitrogen and oxygen atoms in total. The highest BCUT2D eigenvalue weighted by atomic mass is 16.5. The fourth-order valence-electron chi connectivity index (χ4n) is 6.44. The minimum atomic E-state index is -0.674. The van der Waals surface area contributed by atoms with Gasteiger partial charge in [-0.25, -0.2) is 14.8 Å². The second-order valence-electron chi connectivity index (χ2n) is 12.7. The van der Waals surface area contributed by atoms with Crippen LogP contribution in [0.1, 0.15) is 90.9 Å². The number of ether oxygens (including phenoxy) is 3. The van der Waals surface area contributed by atoms with Crippen molar-refractivity contribution in [2.45, 2.75) is 57.4 Å². The van der Waals surface area contributed by atoms with Gasteiger partial charge in [0.05, 0.1) is 25.9 Å². The number of cyclic esters (lactones) is 1. The molecule has 4 N–H and O–H groups in total. The van der Waals surface area contributed by atoms with Crippen molar-refractivity contribution in [1.29, 1.82) is 10.5 Å². The van der Waals surface area contributed by atoms with Crippen LogP contribution in [0.25, 0.3) is 0 Å². The van der Waals surface area contributed by atoms with Crippen molar-refractivity contribution in [2.75, 3.05) is 46.9 Å². The molecule has 1 atom stereocenters. The lowest BCUT2D eigenvalue weighted by molar-refractivity contribution is 0.0534. The van der Waals surface area contributed by atoms with E-state index in [2.05, 4.69) is 30.8 Å². The molecule has 272 valence electrons. The highest BCUT2D eigenvalue weighted by Gasteiger charge is 2.28. The number of rotatable bonds is 9. The maximum Gasteiger partial charge on any atom is 0.338 e. The first kappa shape index (κ1) is 37.6. The Morgan fingerprint density at radius 3 is 2.02 bits per heavy atom. The van der Waals surface area contributed by atoms with E-state index in [1.54, 1.807) is 12.1 Å². The first-order chi connectivity index (χ1) is 25.1. The lowest BCUT2D eigenvalue weighted by atomic mass is 9.94. The summed E-state index contributed by atoms with van der Waals surface area (Å²) in [6.07, 6.45) is 5.34. The van der Waals surface area contributed by atoms with Crippen LogP contribution in [0.15, 0.2) is 36.7 Å². The van der Waals surface area contributed by atoms with Crippen LogP contribution in [0, 0.1) is 29.6 Å². The van der Waals surface area contributed by atoms with Crippen LogP contribution in [0.3, 0.4) is 0 Å². The van der Waals surface area contributed by atoms with Crippen LogP contribution in [-0.2, 0) is 11.3 Å². The molecule has 6 rings (SSSR count). The van der Waals surface area contributed by atoms with Gasteiger partial charge < -0.3 is 40.2 Å². The first-order valence-electron chi connectivity index (χ1n) is 17.1. The number of fused-ring (bicyclic) bond motifs is 1. The van der Waals surface area contributed by atoms with Crippen LogP contribution in [-0.4, -0.2) is 96.8 Å². The maximum absolute atomic E-state index is 12.6. The van der Waals surface area contributed by atoms with E-state index in [-0.39, 0.29) is 53.4 Å². The number of nitrogens with zero attached hydrogens (tertiary/aromatic N) is 5. The number of likely N-dealkylation sites (tertiary alicyclic amines) is 1. The molecule has 0 unspecified atom stereocenters. The van der Waals surface area contributed by atoms with Gasteiger partial charge in [-0.2, -0.15) is 10.5 Å². The molecule has 1 aromatic carbocycles. The van der Waals surface area contributed by atoms with Crippen molar-refractivity contribution in [3.05, 3.63) is 81.4 Å². The molecule has 2 aromatic heterocycles. The molecule has 0 radical (unpaired) electrons. The minimum absolute atomic E-state index is 0.000720. The van der Waals surface area contributed by atoms with Crippen molar-refractivity contribution in [3.8, 4) is 23.6 Å². The lowest BCUT2D eigenvalue weighted by Crippen LogP contribution is -2.45. The third-order valence-electron chi connectivity index (χ3n) is 9.47. The second-order valence-corrected chi connectivity index (χ2v) is 12.7. The van der Waals surface area contributed by atoms with Gasteiger partial charge in [0.2, 0.25) is 0 Å². The van der Waals surface area contributed by atoms with Gasteiger partial charge in [0.25, 0.3) is 11.8 Å². The smallest absolute Gasteiger partial charge is 0.338 e. The van der Waals surface area contributed by atoms with Crippen LogP contribution < -0.4 is 25.4 Å². The molecular formula is C37H42N8O7. The van der Waals surface area contributed by atoms with E-state index >= 15 is 0 Å². The van der Waals surface area contributed by atoms with Crippen molar-refractivity contribution in [2.24, 2.45) is 0 Å². The molecule has 5 heterocycles. The molecule has 2 fully saturated rings. The normalized spacial score (nSPS) is 16.5. The Labute approximate surface area is 301 Å². The fourth-order valence-corrected chi connectivity index (χ4v) is 6.44. The Hall–Kier alpha value is -5.61. The van der Waals surface area contributed by atoms with E-state index in [0.717, 1.165) is 68.6 Å². The van der Waals surface area contributed by atoms with Crippen LogP contribution in [0.4, 0.5) is 0 Å². The number of aliphatic hydroxyl groups excluding tert-OH is 1. The third-order valence-corrected chi connectivity index (χ3v) is 9.47. The quantitative estimate of drug-likeness (QED) is 0.235. The van der Waals surface area contributed by atoms with E-state index < -0.39 is 6.10 Å². The Morgan fingerprint density at radius 1 is 0.962 bits per heavy atom.